The fourth-order valence-electron chi connectivity index (χ4n) is 0. The van der Waals surface area contributed by atoms with Crippen LogP contribution in [0.1, 0.15) is 0 Å². The van der Waals surface area contributed by atoms with Crippen LogP contribution in [0.3, 0.4) is 0 Å². The van der Waals surface area contributed by atoms with Gasteiger partial charge >= 0.3 is 45.3 Å². The molecule has 5 N–H and O–H groups in total. The van der Waals surface area contributed by atoms with Crippen LogP contribution in [0.25, 0.3) is 0 Å². The Morgan fingerprint density at radius 1 is 1.50 bits per heavy atom. The molecule has 8 heavy (non-hydrogen) atoms. The van der Waals surface area contributed by atoms with Gasteiger partial charge in [-0.3, -0.25) is 0 Å². The second kappa shape index (κ2) is 6.19. The van der Waals surface area contributed by atoms with E-state index < -0.39 is 7.82 Å². The molecule has 0 aromatic carbocycles. The molecule has 0 atom stereocenters. The summed E-state index contributed by atoms with van der Waals surface area (Å²) in [5, 5.41) is 0. The number of nitrogens with two attached hydrogens (primary N) is 1. The number of hydrogen-bond donors (Lipinski definition) is 4. The van der Waals surface area contributed by atoms with Gasteiger partial charge in [0.25, 0.3) is 0 Å². The van der Waals surface area contributed by atoms with Crippen LogP contribution in [0.2, 0.25) is 0 Å². The molecule has 0 radical (unpaired) electrons. The third kappa shape index (κ3) is 228. The largest absolute Gasteiger partial charge is 0.466 e. The molecule has 0 bridgehead atoms. The monoisotopic (exact) mass is 151 g/mol. The van der Waals surface area contributed by atoms with E-state index in [0.717, 1.165) is 31.7 Å². The van der Waals surface area contributed by atoms with Crippen molar-refractivity contribution in [1.29, 1.82) is 0 Å². The van der Waals surface area contributed by atoms with E-state index in [4.69, 9.17) is 25.0 Å². The molecule has 0 fully saturated rings. The van der Waals surface area contributed by atoms with Crippen LogP contribution in [0.4, 0.5) is 0 Å². The van der Waals surface area contributed by atoms with Gasteiger partial charge in [-0.05, 0) is 0 Å². The molecule has 0 heterocycles. The first kappa shape index (κ1) is 11.8. The van der Waals surface area contributed by atoms with Crippen LogP contribution < -0.4 is 5.73 Å². The van der Waals surface area contributed by atoms with Crippen molar-refractivity contribution in [3.8, 4) is 0 Å². The maximum Gasteiger partial charge on any atom is 0.466 e. The van der Waals surface area contributed by atoms with E-state index in [1.807, 2.05) is 0 Å². The molecule has 0 aliphatic rings. The first-order chi connectivity index (χ1) is 3.41. The van der Waals surface area contributed by atoms with E-state index >= 15 is 0 Å². The van der Waals surface area contributed by atoms with Crippen molar-refractivity contribution in [3.63, 3.8) is 0 Å². The summed E-state index contributed by atoms with van der Waals surface area (Å²) in [4.78, 5) is 21.6. The summed E-state index contributed by atoms with van der Waals surface area (Å²) < 4.78 is 9.77. The molecule has 0 aliphatic carbocycles. The molecule has 0 spiro atoms. The minimum atomic E-state index is -4.64. The van der Waals surface area contributed by atoms with Crippen molar-refractivity contribution in [2.75, 3.05) is 3.79 Å². The van der Waals surface area contributed by atoms with E-state index in [2.05, 4.69) is 0 Å². The van der Waals surface area contributed by atoms with E-state index in [1.165, 1.54) is 0 Å². The van der Waals surface area contributed by atoms with Crippen LogP contribution in [0.15, 0.2) is 0 Å². The van der Waals surface area contributed by atoms with Crippen LogP contribution in [-0.4, -0.2) is 46.4 Å². The molecule has 0 saturated carbocycles. The summed E-state index contributed by atoms with van der Waals surface area (Å²) >= 11 is 1.15. The molecule has 0 aromatic heterocycles. The van der Waals surface area contributed by atoms with E-state index in [-0.39, 0.29) is 0 Å². The maximum absolute atomic E-state index is 8.88. The van der Waals surface area contributed by atoms with Crippen molar-refractivity contribution in [2.45, 2.75) is 0 Å². The van der Waals surface area contributed by atoms with E-state index in [1.54, 1.807) is 0 Å². The van der Waals surface area contributed by atoms with Crippen LogP contribution in [-0.2, 0) is 4.57 Å². The van der Waals surface area contributed by atoms with E-state index in [0.29, 0.717) is 0 Å². The molecule has 46 valence electrons. The predicted octanol–water partition coefficient (Wildman–Crippen LogP) is -1.86. The molecular weight excluding hydrogens is 144 g/mol. The molecule has 0 unspecified atom stereocenters. The van der Waals surface area contributed by atoms with Crippen molar-refractivity contribution >= 4 is 35.8 Å². The smallest absolute Gasteiger partial charge is 0.303 e. The van der Waals surface area contributed by atoms with Gasteiger partial charge in [-0.1, -0.05) is 0 Å². The Morgan fingerprint density at radius 2 is 1.50 bits per heavy atom. The minimum Gasteiger partial charge on any atom is -0.303 e. The fourth-order valence-corrected chi connectivity index (χ4v) is 0. The average molecular weight is 151 g/mol. The van der Waals surface area contributed by atoms with Crippen molar-refractivity contribution in [3.05, 3.63) is 0 Å². The molecule has 0 aliphatic heterocycles. The molecule has 5 nitrogen and oxygen atoms in total. The van der Waals surface area contributed by atoms with Crippen molar-refractivity contribution in [1.82, 2.24) is 0 Å². The van der Waals surface area contributed by atoms with Gasteiger partial charge in [0.1, 0.15) is 0 Å². The topological polar surface area (TPSA) is 104 Å². The Labute approximate surface area is 64.6 Å². The zero-order valence-corrected chi connectivity index (χ0v) is 7.38. The minimum absolute atomic E-state index is 0.889. The Morgan fingerprint density at radius 3 is 1.50 bits per heavy atom. The molecule has 0 saturated heterocycles. The Hall–Kier alpha value is 1.07. The van der Waals surface area contributed by atoms with E-state index in [9.17, 15) is 0 Å². The van der Waals surface area contributed by atoms with Gasteiger partial charge in [-0.15, -0.1) is 0 Å². The van der Waals surface area contributed by atoms with Crippen molar-refractivity contribution in [2.24, 2.45) is 5.73 Å². The maximum atomic E-state index is 8.88. The fraction of sp³-hybridized carbons (Fsp3) is 1.00. The first-order valence-electron chi connectivity index (χ1n) is 1.90. The SMILES string of the molecule is N[CH2][Na].O=P(O)(O)O. The summed E-state index contributed by atoms with van der Waals surface area (Å²) in [6.07, 6.45) is 0. The van der Waals surface area contributed by atoms with Gasteiger partial charge in [0.15, 0.2) is 0 Å². The van der Waals surface area contributed by atoms with Gasteiger partial charge in [0.05, 0.1) is 0 Å². The van der Waals surface area contributed by atoms with Gasteiger partial charge < -0.3 is 14.7 Å². The summed E-state index contributed by atoms with van der Waals surface area (Å²) in [5.41, 5.74) is 4.91. The normalized spacial score (nSPS) is 9.75. The summed E-state index contributed by atoms with van der Waals surface area (Å²) in [6, 6.07) is 0. The molecular formula is CH7NNaO4P. The molecule has 0 rings (SSSR count). The van der Waals surface area contributed by atoms with Gasteiger partial charge in [-0.25, -0.2) is 4.57 Å². The summed E-state index contributed by atoms with van der Waals surface area (Å²) in [5.74, 6) is 0. The molecule has 0 aromatic rings. The molecule has 0 amide bonds. The van der Waals surface area contributed by atoms with Crippen molar-refractivity contribution < 1.29 is 19.2 Å². The van der Waals surface area contributed by atoms with Gasteiger partial charge in [0, 0.05) is 0 Å². The van der Waals surface area contributed by atoms with Crippen LogP contribution in [0, 0.1) is 0 Å². The van der Waals surface area contributed by atoms with Crippen LogP contribution in [0.5, 0.6) is 0 Å². The standard InChI is InChI=1S/CH4N.Na.H3O4P/c1-2;;1-5(2,3)4/h1-2H2;;(H3,1,2,3,4). The Bertz CT molecular complexity index is 71.8. The first-order valence-corrected chi connectivity index (χ1v) is 4.88. The average Bonchev–Trinajstić information content (AvgIpc) is 1.27. The summed E-state index contributed by atoms with van der Waals surface area (Å²) in [7, 11) is -4.64. The number of hydrogen-bond acceptors (Lipinski definition) is 2. The third-order valence-electron chi connectivity index (χ3n) is 0. The summed E-state index contributed by atoms with van der Waals surface area (Å²) in [6.45, 7) is 0. The molecule has 7 heteroatoms. The Kier molecular flexibility index (Phi) is 9.15. The Balaban J connectivity index is 0. The van der Waals surface area contributed by atoms with Gasteiger partial charge in [-0.2, -0.15) is 0 Å². The predicted molar refractivity (Wildman–Crippen MR) is 29.1 cm³/mol. The van der Waals surface area contributed by atoms with Gasteiger partial charge in [0.2, 0.25) is 0 Å². The second-order valence-corrected chi connectivity index (χ2v) is 2.76. The number of phosphoric acid groups is 1. The second-order valence-electron chi connectivity index (χ2n) is 0.922. The number of rotatable bonds is 0. The zero-order chi connectivity index (χ0) is 7.21. The quantitative estimate of drug-likeness (QED) is 0.240. The zero-order valence-electron chi connectivity index (χ0n) is 4.48. The van der Waals surface area contributed by atoms with Crippen LogP contribution >= 0.6 is 7.82 Å². The third-order valence-corrected chi connectivity index (χ3v) is 0.